The number of thiocarbonyl (C=S) groups is 1. The number of hydrazone groups is 1. The number of rotatable bonds is 7. The minimum Gasteiger partial charge on any atom is -0.495 e. The molecule has 0 aliphatic heterocycles. The number of benzene rings is 2. The Morgan fingerprint density at radius 3 is 2.50 bits per heavy atom. The van der Waals surface area contributed by atoms with Crippen LogP contribution >= 0.6 is 12.2 Å². The second-order valence-corrected chi connectivity index (χ2v) is 5.22. The SMILES string of the molecule is COc1ccccc1NC(=S)N/N=C\c1ccc(OC)c(OC(F)F)c1. The van der Waals surface area contributed by atoms with Gasteiger partial charge in [-0.2, -0.15) is 13.9 Å². The maximum atomic E-state index is 12.4. The fourth-order valence-corrected chi connectivity index (χ4v) is 2.19. The molecule has 9 heteroatoms. The molecule has 0 aliphatic rings. The van der Waals surface area contributed by atoms with Gasteiger partial charge in [-0.3, -0.25) is 5.43 Å². The molecule has 0 heterocycles. The maximum Gasteiger partial charge on any atom is 0.387 e. The smallest absolute Gasteiger partial charge is 0.387 e. The number of anilines is 1. The summed E-state index contributed by atoms with van der Waals surface area (Å²) in [6.45, 7) is -2.95. The molecule has 2 N–H and O–H groups in total. The third-order valence-corrected chi connectivity index (χ3v) is 3.33. The third kappa shape index (κ3) is 5.55. The molecule has 0 spiro atoms. The minimum atomic E-state index is -2.95. The molecule has 0 amide bonds. The molecule has 138 valence electrons. The molecule has 0 radical (unpaired) electrons. The quantitative estimate of drug-likeness (QED) is 0.434. The molecule has 0 saturated heterocycles. The van der Waals surface area contributed by atoms with Crippen molar-refractivity contribution in [1.82, 2.24) is 5.43 Å². The van der Waals surface area contributed by atoms with Crippen molar-refractivity contribution in [2.24, 2.45) is 5.10 Å². The van der Waals surface area contributed by atoms with Crippen molar-refractivity contribution < 1.29 is 23.0 Å². The topological polar surface area (TPSA) is 64.1 Å². The van der Waals surface area contributed by atoms with Gasteiger partial charge in [-0.1, -0.05) is 12.1 Å². The van der Waals surface area contributed by atoms with Gasteiger partial charge in [0.25, 0.3) is 0 Å². The molecule has 0 bridgehead atoms. The average Bonchev–Trinajstić information content (AvgIpc) is 2.62. The van der Waals surface area contributed by atoms with Gasteiger partial charge in [-0.05, 0) is 48.1 Å². The van der Waals surface area contributed by atoms with Crippen molar-refractivity contribution >= 4 is 29.2 Å². The largest absolute Gasteiger partial charge is 0.495 e. The van der Waals surface area contributed by atoms with Crippen LogP contribution in [0.4, 0.5) is 14.5 Å². The summed E-state index contributed by atoms with van der Waals surface area (Å²) in [5, 5.41) is 7.15. The lowest BCUT2D eigenvalue weighted by Crippen LogP contribution is -2.24. The summed E-state index contributed by atoms with van der Waals surface area (Å²) in [5.74, 6) is 0.745. The summed E-state index contributed by atoms with van der Waals surface area (Å²) in [5.41, 5.74) is 3.84. The normalized spacial score (nSPS) is 10.7. The molecule has 0 aromatic heterocycles. The molecule has 0 unspecified atom stereocenters. The Balaban J connectivity index is 2.00. The molecule has 2 aromatic rings. The first kappa shape index (κ1) is 19.4. The van der Waals surface area contributed by atoms with E-state index in [1.165, 1.54) is 25.5 Å². The molecule has 6 nitrogen and oxygen atoms in total. The molecule has 2 aromatic carbocycles. The van der Waals surface area contributed by atoms with Gasteiger partial charge >= 0.3 is 6.61 Å². The number of alkyl halides is 2. The Hall–Kier alpha value is -2.94. The lowest BCUT2D eigenvalue weighted by molar-refractivity contribution is -0.0512. The predicted octanol–water partition coefficient (Wildman–Crippen LogP) is 3.63. The van der Waals surface area contributed by atoms with Crippen LogP contribution in [0.15, 0.2) is 47.6 Å². The number of nitrogens with zero attached hydrogens (tertiary/aromatic N) is 1. The average molecular weight is 381 g/mol. The Morgan fingerprint density at radius 1 is 1.08 bits per heavy atom. The number of hydrogen-bond donors (Lipinski definition) is 2. The van der Waals surface area contributed by atoms with Crippen LogP contribution in [0.1, 0.15) is 5.56 Å². The zero-order valence-electron chi connectivity index (χ0n) is 14.0. The Labute approximate surface area is 154 Å². The van der Waals surface area contributed by atoms with E-state index in [-0.39, 0.29) is 16.6 Å². The van der Waals surface area contributed by atoms with Crippen molar-refractivity contribution in [3.05, 3.63) is 48.0 Å². The summed E-state index contributed by atoms with van der Waals surface area (Å²) in [7, 11) is 2.92. The first-order chi connectivity index (χ1) is 12.5. The van der Waals surface area contributed by atoms with E-state index < -0.39 is 6.61 Å². The molecule has 0 saturated carbocycles. The van der Waals surface area contributed by atoms with Crippen LogP contribution in [0.5, 0.6) is 17.2 Å². The number of halogens is 2. The second-order valence-electron chi connectivity index (χ2n) is 4.81. The van der Waals surface area contributed by atoms with Crippen LogP contribution in [0.3, 0.4) is 0 Å². The highest BCUT2D eigenvalue weighted by molar-refractivity contribution is 7.80. The van der Waals surface area contributed by atoms with Crippen LogP contribution in [-0.2, 0) is 0 Å². The fourth-order valence-electron chi connectivity index (χ4n) is 2.03. The minimum absolute atomic E-state index is 0.0822. The first-order valence-electron chi connectivity index (χ1n) is 7.39. The van der Waals surface area contributed by atoms with Gasteiger partial charge in [0.15, 0.2) is 16.6 Å². The van der Waals surface area contributed by atoms with E-state index in [0.29, 0.717) is 17.0 Å². The van der Waals surface area contributed by atoms with Crippen LogP contribution in [0, 0.1) is 0 Å². The molecule has 0 atom stereocenters. The van der Waals surface area contributed by atoms with Gasteiger partial charge in [0.2, 0.25) is 0 Å². The lowest BCUT2D eigenvalue weighted by Gasteiger charge is -2.11. The Morgan fingerprint density at radius 2 is 1.81 bits per heavy atom. The fraction of sp³-hybridized carbons (Fsp3) is 0.176. The summed E-state index contributed by atoms with van der Waals surface area (Å²) >= 11 is 5.15. The van der Waals surface area contributed by atoms with Crippen molar-refractivity contribution in [2.75, 3.05) is 19.5 Å². The zero-order chi connectivity index (χ0) is 18.9. The van der Waals surface area contributed by atoms with Crippen molar-refractivity contribution in [1.29, 1.82) is 0 Å². The number of hydrogen-bond acceptors (Lipinski definition) is 5. The van der Waals surface area contributed by atoms with E-state index in [2.05, 4.69) is 20.6 Å². The molecule has 26 heavy (non-hydrogen) atoms. The van der Waals surface area contributed by atoms with Crippen LogP contribution in [-0.4, -0.2) is 32.2 Å². The van der Waals surface area contributed by atoms with Gasteiger partial charge in [0.1, 0.15) is 5.75 Å². The summed E-state index contributed by atoms with van der Waals surface area (Å²) in [4.78, 5) is 0. The van der Waals surface area contributed by atoms with Crippen molar-refractivity contribution in [3.63, 3.8) is 0 Å². The monoisotopic (exact) mass is 381 g/mol. The van der Waals surface area contributed by atoms with Crippen molar-refractivity contribution in [3.8, 4) is 17.2 Å². The van der Waals surface area contributed by atoms with Gasteiger partial charge in [-0.25, -0.2) is 0 Å². The predicted molar refractivity (Wildman–Crippen MR) is 99.6 cm³/mol. The van der Waals surface area contributed by atoms with Gasteiger partial charge < -0.3 is 19.5 Å². The van der Waals surface area contributed by atoms with Crippen LogP contribution in [0.25, 0.3) is 0 Å². The highest BCUT2D eigenvalue weighted by atomic mass is 32.1. The molecular weight excluding hydrogens is 364 g/mol. The maximum absolute atomic E-state index is 12.4. The van der Waals surface area contributed by atoms with E-state index in [9.17, 15) is 8.78 Å². The highest BCUT2D eigenvalue weighted by Gasteiger charge is 2.10. The van der Waals surface area contributed by atoms with Gasteiger partial charge in [-0.15, -0.1) is 0 Å². The number of para-hydroxylation sites is 2. The van der Waals surface area contributed by atoms with Gasteiger partial charge in [0, 0.05) is 0 Å². The number of ether oxygens (including phenoxy) is 3. The van der Waals surface area contributed by atoms with Crippen molar-refractivity contribution in [2.45, 2.75) is 6.61 Å². The second kappa shape index (κ2) is 9.52. The first-order valence-corrected chi connectivity index (χ1v) is 7.80. The molecule has 0 fully saturated rings. The summed E-state index contributed by atoms with van der Waals surface area (Å²) < 4.78 is 39.5. The van der Waals surface area contributed by atoms with E-state index in [1.807, 2.05) is 12.1 Å². The van der Waals surface area contributed by atoms with E-state index in [4.69, 9.17) is 21.7 Å². The highest BCUT2D eigenvalue weighted by Crippen LogP contribution is 2.29. The third-order valence-electron chi connectivity index (χ3n) is 3.14. The van der Waals surface area contributed by atoms with Crippen LogP contribution < -0.4 is 25.0 Å². The zero-order valence-corrected chi connectivity index (χ0v) is 14.8. The molecule has 2 rings (SSSR count). The molecule has 0 aliphatic carbocycles. The number of nitrogens with one attached hydrogen (secondary N) is 2. The van der Waals surface area contributed by atoms with E-state index in [0.717, 1.165) is 0 Å². The Bertz CT molecular complexity index is 788. The van der Waals surface area contributed by atoms with Gasteiger partial charge in [0.05, 0.1) is 26.1 Å². The van der Waals surface area contributed by atoms with E-state index in [1.54, 1.807) is 25.3 Å². The van der Waals surface area contributed by atoms with E-state index >= 15 is 0 Å². The molecular formula is C17H17F2N3O3S. The Kier molecular flexibility index (Phi) is 7.10. The van der Waals surface area contributed by atoms with Crippen LogP contribution in [0.2, 0.25) is 0 Å². The summed E-state index contributed by atoms with van der Waals surface area (Å²) in [6, 6.07) is 11.8. The standard InChI is InChI=1S/C17H17F2N3O3S/c1-23-13-6-4-3-5-12(13)21-17(26)22-20-10-11-7-8-14(24-2)15(9-11)25-16(18)19/h3-10,16H,1-2H3,(H2,21,22,26)/b20-10-. The number of methoxy groups -OCH3 is 2. The lowest BCUT2D eigenvalue weighted by atomic mass is 10.2. The summed E-state index contributed by atoms with van der Waals surface area (Å²) in [6.07, 6.45) is 1.41.